The number of rotatable bonds is 4. The van der Waals surface area contributed by atoms with E-state index in [1.54, 1.807) is 25.6 Å². The quantitative estimate of drug-likeness (QED) is 0.840. The second-order valence-corrected chi connectivity index (χ2v) is 4.21. The molecule has 0 aliphatic carbocycles. The number of hydrogen-bond donors (Lipinski definition) is 0. The van der Waals surface area contributed by atoms with Crippen molar-refractivity contribution in [2.75, 3.05) is 19.1 Å². The first-order valence-electron chi connectivity index (χ1n) is 5.93. The van der Waals surface area contributed by atoms with Gasteiger partial charge in [0.25, 0.3) is 0 Å². The van der Waals surface area contributed by atoms with Crippen molar-refractivity contribution in [2.24, 2.45) is 0 Å². The van der Waals surface area contributed by atoms with Gasteiger partial charge in [-0.1, -0.05) is 12.1 Å². The van der Waals surface area contributed by atoms with Crippen LogP contribution in [0.3, 0.4) is 0 Å². The normalized spacial score (nSPS) is 9.74. The molecule has 2 rings (SSSR count). The molecule has 0 fully saturated rings. The number of pyridine rings is 1. The van der Waals surface area contributed by atoms with Crippen LogP contribution in [0, 0.1) is 11.3 Å². The maximum absolute atomic E-state index is 9.08. The number of methoxy groups -OCH3 is 1. The number of nitrogens with zero attached hydrogens (tertiary/aromatic N) is 3. The zero-order valence-electron chi connectivity index (χ0n) is 11.0. The predicted molar refractivity (Wildman–Crippen MR) is 74.1 cm³/mol. The van der Waals surface area contributed by atoms with Gasteiger partial charge in [-0.2, -0.15) is 5.26 Å². The molecule has 0 bridgehead atoms. The van der Waals surface area contributed by atoms with E-state index in [2.05, 4.69) is 11.1 Å². The Morgan fingerprint density at radius 2 is 2.00 bits per heavy atom. The molecule has 0 atom stereocenters. The fraction of sp³-hybridized carbons (Fsp3) is 0.200. The third-order valence-electron chi connectivity index (χ3n) is 2.91. The molecule has 0 radical (unpaired) electrons. The van der Waals surface area contributed by atoms with Crippen LogP contribution in [0.5, 0.6) is 5.75 Å². The van der Waals surface area contributed by atoms with Crippen molar-refractivity contribution in [3.8, 4) is 11.8 Å². The Balaban J connectivity index is 2.16. The summed E-state index contributed by atoms with van der Waals surface area (Å²) in [7, 11) is 3.60. The van der Waals surface area contributed by atoms with Crippen LogP contribution in [-0.2, 0) is 6.54 Å². The lowest BCUT2D eigenvalue weighted by atomic mass is 10.2. The second-order valence-electron chi connectivity index (χ2n) is 4.21. The lowest BCUT2D eigenvalue weighted by Gasteiger charge is -2.20. The van der Waals surface area contributed by atoms with E-state index >= 15 is 0 Å². The summed E-state index contributed by atoms with van der Waals surface area (Å²) in [6.07, 6.45) is 3.34. The van der Waals surface area contributed by atoms with Crippen molar-refractivity contribution in [3.05, 3.63) is 53.9 Å². The highest BCUT2D eigenvalue weighted by Crippen LogP contribution is 2.20. The van der Waals surface area contributed by atoms with Gasteiger partial charge in [-0.25, -0.2) is 0 Å². The third kappa shape index (κ3) is 3.02. The van der Waals surface area contributed by atoms with E-state index < -0.39 is 0 Å². The molecule has 0 saturated heterocycles. The van der Waals surface area contributed by atoms with Gasteiger partial charge in [0.1, 0.15) is 11.8 Å². The van der Waals surface area contributed by atoms with E-state index in [0.29, 0.717) is 12.1 Å². The molecule has 0 spiro atoms. The van der Waals surface area contributed by atoms with Gasteiger partial charge in [-0.15, -0.1) is 0 Å². The van der Waals surface area contributed by atoms with E-state index in [-0.39, 0.29) is 0 Å². The topological polar surface area (TPSA) is 49.1 Å². The molecule has 0 aliphatic heterocycles. The average Bonchev–Trinajstić information content (AvgIpc) is 2.48. The smallest absolute Gasteiger partial charge is 0.118 e. The molecule has 1 aromatic heterocycles. The number of nitriles is 1. The van der Waals surface area contributed by atoms with Gasteiger partial charge in [0, 0.05) is 19.8 Å². The molecule has 2 aromatic rings. The molecular weight excluding hydrogens is 238 g/mol. The summed E-state index contributed by atoms with van der Waals surface area (Å²) in [6.45, 7) is 0.713. The molecule has 4 nitrogen and oxygen atoms in total. The Morgan fingerprint density at radius 3 is 2.63 bits per heavy atom. The summed E-state index contributed by atoms with van der Waals surface area (Å²) in [5.74, 6) is 0.838. The van der Waals surface area contributed by atoms with Gasteiger partial charge in [0.05, 0.1) is 24.6 Å². The fourth-order valence-corrected chi connectivity index (χ4v) is 1.87. The van der Waals surface area contributed by atoms with E-state index in [4.69, 9.17) is 10.00 Å². The fourth-order valence-electron chi connectivity index (χ4n) is 1.87. The van der Waals surface area contributed by atoms with Crippen molar-refractivity contribution in [3.63, 3.8) is 0 Å². The van der Waals surface area contributed by atoms with Gasteiger partial charge < -0.3 is 9.64 Å². The maximum Gasteiger partial charge on any atom is 0.118 e. The minimum Gasteiger partial charge on any atom is -0.497 e. The highest BCUT2D eigenvalue weighted by molar-refractivity contribution is 5.57. The Morgan fingerprint density at radius 1 is 1.26 bits per heavy atom. The Bertz CT molecular complexity index is 587. The van der Waals surface area contributed by atoms with E-state index in [1.165, 1.54) is 0 Å². The van der Waals surface area contributed by atoms with Crippen LogP contribution >= 0.6 is 0 Å². The third-order valence-corrected chi connectivity index (χ3v) is 2.91. The molecule has 19 heavy (non-hydrogen) atoms. The lowest BCUT2D eigenvalue weighted by Crippen LogP contribution is -2.17. The summed E-state index contributed by atoms with van der Waals surface area (Å²) in [5, 5.41) is 9.08. The summed E-state index contributed by atoms with van der Waals surface area (Å²) in [4.78, 5) is 6.08. The zero-order valence-corrected chi connectivity index (χ0v) is 11.0. The molecular formula is C15H15N3O. The highest BCUT2D eigenvalue weighted by atomic mass is 16.5. The van der Waals surface area contributed by atoms with Gasteiger partial charge in [-0.3, -0.25) is 4.98 Å². The molecule has 0 aliphatic rings. The Labute approximate surface area is 112 Å². The zero-order chi connectivity index (χ0) is 13.7. The van der Waals surface area contributed by atoms with Gasteiger partial charge in [-0.05, 0) is 23.8 Å². The van der Waals surface area contributed by atoms with Gasteiger partial charge >= 0.3 is 0 Å². The molecule has 0 N–H and O–H groups in total. The molecule has 1 heterocycles. The number of anilines is 1. The van der Waals surface area contributed by atoms with Crippen LogP contribution in [0.1, 0.15) is 11.1 Å². The SMILES string of the molecule is COc1ccc(CN(C)c2cnccc2C#N)cc1. The van der Waals surface area contributed by atoms with E-state index in [0.717, 1.165) is 17.0 Å². The number of aromatic nitrogens is 1. The van der Waals surface area contributed by atoms with E-state index in [1.807, 2.05) is 36.2 Å². The van der Waals surface area contributed by atoms with Crippen molar-refractivity contribution < 1.29 is 4.74 Å². The highest BCUT2D eigenvalue weighted by Gasteiger charge is 2.07. The molecule has 96 valence electrons. The summed E-state index contributed by atoms with van der Waals surface area (Å²) < 4.78 is 5.13. The summed E-state index contributed by atoms with van der Waals surface area (Å²) in [6, 6.07) is 11.8. The van der Waals surface area contributed by atoms with Crippen LogP contribution in [0.2, 0.25) is 0 Å². The van der Waals surface area contributed by atoms with Crippen molar-refractivity contribution >= 4 is 5.69 Å². The molecule has 4 heteroatoms. The van der Waals surface area contributed by atoms with Crippen LogP contribution < -0.4 is 9.64 Å². The van der Waals surface area contributed by atoms with Crippen LogP contribution in [0.25, 0.3) is 0 Å². The first-order chi connectivity index (χ1) is 9.24. The predicted octanol–water partition coefficient (Wildman–Crippen LogP) is 2.60. The second kappa shape index (κ2) is 5.87. The number of ether oxygens (including phenoxy) is 1. The molecule has 0 unspecified atom stereocenters. The summed E-state index contributed by atoms with van der Waals surface area (Å²) >= 11 is 0. The van der Waals surface area contributed by atoms with E-state index in [9.17, 15) is 0 Å². The maximum atomic E-state index is 9.08. The van der Waals surface area contributed by atoms with Gasteiger partial charge in [0.15, 0.2) is 0 Å². The van der Waals surface area contributed by atoms with Crippen LogP contribution in [0.4, 0.5) is 5.69 Å². The minimum atomic E-state index is 0.631. The monoisotopic (exact) mass is 253 g/mol. The average molecular weight is 253 g/mol. The molecule has 1 aromatic carbocycles. The minimum absolute atomic E-state index is 0.631. The summed E-state index contributed by atoms with van der Waals surface area (Å²) in [5.41, 5.74) is 2.61. The van der Waals surface area contributed by atoms with Gasteiger partial charge in [0.2, 0.25) is 0 Å². The first-order valence-corrected chi connectivity index (χ1v) is 5.93. The molecule has 0 saturated carbocycles. The first kappa shape index (κ1) is 12.9. The number of hydrogen-bond acceptors (Lipinski definition) is 4. The Kier molecular flexibility index (Phi) is 3.99. The van der Waals surface area contributed by atoms with Crippen molar-refractivity contribution in [2.45, 2.75) is 6.54 Å². The van der Waals surface area contributed by atoms with Crippen molar-refractivity contribution in [1.82, 2.24) is 4.98 Å². The Hall–Kier alpha value is -2.54. The lowest BCUT2D eigenvalue weighted by molar-refractivity contribution is 0.414. The van der Waals surface area contributed by atoms with Crippen molar-refractivity contribution in [1.29, 1.82) is 5.26 Å². The largest absolute Gasteiger partial charge is 0.497 e. The number of benzene rings is 1. The van der Waals surface area contributed by atoms with Crippen LogP contribution in [0.15, 0.2) is 42.7 Å². The standard InChI is InChI=1S/C15H15N3O/c1-18(15-10-17-8-7-13(15)9-16)11-12-3-5-14(19-2)6-4-12/h3-8,10H,11H2,1-2H3. The molecule has 0 amide bonds. The van der Waals surface area contributed by atoms with Crippen LogP contribution in [-0.4, -0.2) is 19.1 Å².